The first kappa shape index (κ1) is 12.0. The number of nitrogens with zero attached hydrogens (tertiary/aromatic N) is 1. The Morgan fingerprint density at radius 3 is 2.73 bits per heavy atom. The van der Waals surface area contributed by atoms with E-state index in [2.05, 4.69) is 6.07 Å². The van der Waals surface area contributed by atoms with Crippen LogP contribution < -0.4 is 0 Å². The number of hydrogen-bond donors (Lipinski definition) is 0. The van der Waals surface area contributed by atoms with Gasteiger partial charge in [0.25, 0.3) is 0 Å². The van der Waals surface area contributed by atoms with Crippen molar-refractivity contribution in [1.29, 1.82) is 5.26 Å². The van der Waals surface area contributed by atoms with Crippen LogP contribution in [-0.4, -0.2) is 13.1 Å². The van der Waals surface area contributed by atoms with E-state index in [0.29, 0.717) is 14.7 Å². The van der Waals surface area contributed by atoms with Crippen molar-refractivity contribution >= 4 is 28.6 Å². The fourth-order valence-corrected chi connectivity index (χ4v) is 2.19. The van der Waals surface area contributed by atoms with Crippen molar-refractivity contribution < 1.29 is 9.53 Å². The molecule has 0 unspecified atom stereocenters. The van der Waals surface area contributed by atoms with Crippen LogP contribution in [0.1, 0.15) is 28.4 Å². The van der Waals surface area contributed by atoms with Crippen LogP contribution in [0.25, 0.3) is 0 Å². The number of rotatable bonds is 2. The summed E-state index contributed by atoms with van der Waals surface area (Å²) >= 11 is 2.01. The summed E-state index contributed by atoms with van der Waals surface area (Å²) in [7, 11) is 1.34. The third-order valence-corrected chi connectivity index (χ3v) is 3.24. The molecule has 4 heteroatoms. The van der Waals surface area contributed by atoms with Gasteiger partial charge in [0.15, 0.2) is 0 Å². The quantitative estimate of drug-likeness (QED) is 0.622. The molecule has 78 valence electrons. The van der Waals surface area contributed by atoms with Gasteiger partial charge in [0, 0.05) is 3.57 Å². The Morgan fingerprint density at radius 1 is 1.60 bits per heavy atom. The van der Waals surface area contributed by atoms with Crippen LogP contribution in [0.4, 0.5) is 0 Å². The van der Waals surface area contributed by atoms with Gasteiger partial charge in [-0.2, -0.15) is 5.26 Å². The Morgan fingerprint density at radius 2 is 2.27 bits per heavy atom. The number of esters is 1. The normalized spacial score (nSPS) is 9.47. The summed E-state index contributed by atoms with van der Waals surface area (Å²) in [5, 5.41) is 8.85. The van der Waals surface area contributed by atoms with Crippen LogP contribution in [0.5, 0.6) is 0 Å². The molecule has 0 N–H and O–H groups in total. The molecule has 0 atom stereocenters. The van der Waals surface area contributed by atoms with Gasteiger partial charge < -0.3 is 4.74 Å². The first-order chi connectivity index (χ1) is 7.15. The van der Waals surface area contributed by atoms with Crippen LogP contribution in [0.15, 0.2) is 12.1 Å². The van der Waals surface area contributed by atoms with Crippen molar-refractivity contribution in [3.63, 3.8) is 0 Å². The van der Waals surface area contributed by atoms with Crippen molar-refractivity contribution in [3.05, 3.63) is 32.4 Å². The predicted molar refractivity (Wildman–Crippen MR) is 64.6 cm³/mol. The average molecular weight is 315 g/mol. The standard InChI is InChI=1S/C11H10INO2/c1-3-7-4-5-8(6-13)10(12)9(7)11(14)15-2/h4-5H,3H2,1-2H3. The zero-order valence-corrected chi connectivity index (χ0v) is 10.7. The molecule has 0 amide bonds. The molecule has 0 aromatic heterocycles. The number of aryl methyl sites for hydroxylation is 1. The van der Waals surface area contributed by atoms with Crippen LogP contribution in [-0.2, 0) is 11.2 Å². The molecule has 0 bridgehead atoms. The Balaban J connectivity index is 3.44. The number of carbonyl (C=O) groups is 1. The maximum absolute atomic E-state index is 11.5. The molecule has 0 spiro atoms. The van der Waals surface area contributed by atoms with E-state index in [9.17, 15) is 4.79 Å². The van der Waals surface area contributed by atoms with Gasteiger partial charge in [0.05, 0.1) is 18.2 Å². The van der Waals surface area contributed by atoms with E-state index in [1.807, 2.05) is 29.5 Å². The van der Waals surface area contributed by atoms with E-state index in [-0.39, 0.29) is 5.97 Å². The maximum Gasteiger partial charge on any atom is 0.339 e. The van der Waals surface area contributed by atoms with E-state index < -0.39 is 0 Å². The Hall–Kier alpha value is -1.09. The van der Waals surface area contributed by atoms with Gasteiger partial charge in [-0.15, -0.1) is 0 Å². The van der Waals surface area contributed by atoms with E-state index in [1.165, 1.54) is 7.11 Å². The molecule has 0 heterocycles. The second-order valence-electron chi connectivity index (χ2n) is 2.92. The largest absolute Gasteiger partial charge is 0.465 e. The van der Waals surface area contributed by atoms with Crippen LogP contribution in [0.3, 0.4) is 0 Å². The lowest BCUT2D eigenvalue weighted by atomic mass is 10.0. The third kappa shape index (κ3) is 2.29. The zero-order chi connectivity index (χ0) is 11.4. The van der Waals surface area contributed by atoms with E-state index in [0.717, 1.165) is 12.0 Å². The highest BCUT2D eigenvalue weighted by atomic mass is 127. The molecular formula is C11H10INO2. The van der Waals surface area contributed by atoms with Gasteiger partial charge in [-0.3, -0.25) is 0 Å². The van der Waals surface area contributed by atoms with Gasteiger partial charge in [0.2, 0.25) is 0 Å². The van der Waals surface area contributed by atoms with Crippen molar-refractivity contribution in [3.8, 4) is 6.07 Å². The second kappa shape index (κ2) is 5.12. The maximum atomic E-state index is 11.5. The Bertz CT molecular complexity index is 435. The summed E-state index contributed by atoms with van der Waals surface area (Å²) in [6, 6.07) is 5.58. The number of carbonyl (C=O) groups excluding carboxylic acids is 1. The van der Waals surface area contributed by atoms with Gasteiger partial charge in [0.1, 0.15) is 6.07 Å². The fraction of sp³-hybridized carbons (Fsp3) is 0.273. The molecule has 0 saturated heterocycles. The van der Waals surface area contributed by atoms with Gasteiger partial charge in [-0.1, -0.05) is 13.0 Å². The number of benzene rings is 1. The molecule has 0 aliphatic carbocycles. The molecule has 1 aromatic rings. The van der Waals surface area contributed by atoms with E-state index in [4.69, 9.17) is 10.00 Å². The molecule has 1 rings (SSSR count). The lowest BCUT2D eigenvalue weighted by molar-refractivity contribution is 0.0598. The summed E-state index contributed by atoms with van der Waals surface area (Å²) in [4.78, 5) is 11.5. The second-order valence-corrected chi connectivity index (χ2v) is 4.00. The molecule has 15 heavy (non-hydrogen) atoms. The van der Waals surface area contributed by atoms with Crippen molar-refractivity contribution in [1.82, 2.24) is 0 Å². The molecule has 3 nitrogen and oxygen atoms in total. The minimum atomic E-state index is -0.381. The summed E-state index contributed by atoms with van der Waals surface area (Å²) < 4.78 is 5.37. The smallest absolute Gasteiger partial charge is 0.339 e. The number of methoxy groups -OCH3 is 1. The first-order valence-corrected chi connectivity index (χ1v) is 5.53. The highest BCUT2D eigenvalue weighted by Crippen LogP contribution is 2.22. The predicted octanol–water partition coefficient (Wildman–Crippen LogP) is 2.51. The molecule has 0 aliphatic heterocycles. The SMILES string of the molecule is CCc1ccc(C#N)c(I)c1C(=O)OC. The number of halogens is 1. The van der Waals surface area contributed by atoms with Crippen LogP contribution >= 0.6 is 22.6 Å². The van der Waals surface area contributed by atoms with E-state index >= 15 is 0 Å². The first-order valence-electron chi connectivity index (χ1n) is 4.45. The highest BCUT2D eigenvalue weighted by molar-refractivity contribution is 14.1. The monoisotopic (exact) mass is 315 g/mol. The highest BCUT2D eigenvalue weighted by Gasteiger charge is 2.17. The zero-order valence-electron chi connectivity index (χ0n) is 8.50. The van der Waals surface area contributed by atoms with E-state index in [1.54, 1.807) is 12.1 Å². The van der Waals surface area contributed by atoms with Gasteiger partial charge in [-0.05, 0) is 40.6 Å². The summed E-state index contributed by atoms with van der Waals surface area (Å²) in [5.74, 6) is -0.381. The molecule has 0 radical (unpaired) electrons. The summed E-state index contributed by atoms with van der Waals surface area (Å²) in [6.45, 7) is 1.96. The van der Waals surface area contributed by atoms with Crippen LogP contribution in [0, 0.1) is 14.9 Å². The minimum Gasteiger partial charge on any atom is -0.465 e. The lowest BCUT2D eigenvalue weighted by Gasteiger charge is -2.09. The minimum absolute atomic E-state index is 0.381. The average Bonchev–Trinajstić information content (AvgIpc) is 2.27. The van der Waals surface area contributed by atoms with Gasteiger partial charge in [-0.25, -0.2) is 4.79 Å². The fourth-order valence-electron chi connectivity index (χ4n) is 1.32. The van der Waals surface area contributed by atoms with Crippen LogP contribution in [0.2, 0.25) is 0 Å². The number of ether oxygens (including phenoxy) is 1. The Kier molecular flexibility index (Phi) is 4.09. The van der Waals surface area contributed by atoms with Gasteiger partial charge >= 0.3 is 5.97 Å². The number of hydrogen-bond acceptors (Lipinski definition) is 3. The molecular weight excluding hydrogens is 305 g/mol. The molecule has 0 aliphatic rings. The summed E-state index contributed by atoms with van der Waals surface area (Å²) in [5.41, 5.74) is 1.93. The number of nitriles is 1. The molecule has 0 fully saturated rings. The summed E-state index contributed by atoms with van der Waals surface area (Å²) in [6.07, 6.45) is 0.742. The van der Waals surface area contributed by atoms with Crippen molar-refractivity contribution in [2.45, 2.75) is 13.3 Å². The van der Waals surface area contributed by atoms with Crippen molar-refractivity contribution in [2.24, 2.45) is 0 Å². The third-order valence-electron chi connectivity index (χ3n) is 2.12. The topological polar surface area (TPSA) is 50.1 Å². The Labute approximate surface area is 102 Å². The lowest BCUT2D eigenvalue weighted by Crippen LogP contribution is -2.09. The van der Waals surface area contributed by atoms with Crippen molar-refractivity contribution in [2.75, 3.05) is 7.11 Å². The molecule has 1 aromatic carbocycles. The molecule has 0 saturated carbocycles.